The highest BCUT2D eigenvalue weighted by Gasteiger charge is 2.57. The third kappa shape index (κ3) is 2.40. The van der Waals surface area contributed by atoms with Crippen LogP contribution in [-0.4, -0.2) is 34.6 Å². The van der Waals surface area contributed by atoms with Gasteiger partial charge in [-0.2, -0.15) is 0 Å². The van der Waals surface area contributed by atoms with Gasteiger partial charge < -0.3 is 4.84 Å². The molecule has 6 heteroatoms. The Morgan fingerprint density at radius 2 is 1.74 bits per heavy atom. The summed E-state index contributed by atoms with van der Waals surface area (Å²) in [5.74, 6) is -0.959. The summed E-state index contributed by atoms with van der Waals surface area (Å²) in [7, 11) is 0. The van der Waals surface area contributed by atoms with Crippen LogP contribution in [0.4, 0.5) is 0 Å². The van der Waals surface area contributed by atoms with E-state index in [2.05, 4.69) is 21.1 Å². The second-order valence-electron chi connectivity index (χ2n) is 6.33. The number of oxime groups is 1. The highest BCUT2D eigenvalue weighted by atomic mass is 79.9. The summed E-state index contributed by atoms with van der Waals surface area (Å²) in [6.45, 7) is 0. The molecule has 0 spiro atoms. The van der Waals surface area contributed by atoms with Crippen molar-refractivity contribution in [3.8, 4) is 0 Å². The van der Waals surface area contributed by atoms with Crippen molar-refractivity contribution in [2.75, 3.05) is 0 Å². The second kappa shape index (κ2) is 5.74. The molecule has 0 unspecified atom stereocenters. The largest absolute Gasteiger partial charge is 0.381 e. The van der Waals surface area contributed by atoms with Crippen LogP contribution in [0.25, 0.3) is 0 Å². The molecule has 2 fully saturated rings. The van der Waals surface area contributed by atoms with Crippen LogP contribution in [0.3, 0.4) is 0 Å². The molecule has 1 aromatic carbocycles. The molecule has 0 N–H and O–H groups in total. The van der Waals surface area contributed by atoms with E-state index in [1.54, 1.807) is 0 Å². The van der Waals surface area contributed by atoms with Crippen LogP contribution in [0, 0.1) is 5.92 Å². The molecule has 1 aromatic rings. The molecule has 0 radical (unpaired) electrons. The fraction of sp³-hybridized carbons (Fsp3) is 0.471. The zero-order chi connectivity index (χ0) is 16.0. The predicted molar refractivity (Wildman–Crippen MR) is 87.8 cm³/mol. The molecule has 2 atom stereocenters. The van der Waals surface area contributed by atoms with Crippen molar-refractivity contribution in [2.45, 2.75) is 44.2 Å². The zero-order valence-corrected chi connectivity index (χ0v) is 14.2. The maximum Gasteiger partial charge on any atom is 0.274 e. The number of carbonyl (C=O) groups excluding carboxylic acids is 2. The Hall–Kier alpha value is -1.69. The first-order valence-electron chi connectivity index (χ1n) is 8.03. The number of amides is 2. The van der Waals surface area contributed by atoms with E-state index in [9.17, 15) is 9.59 Å². The lowest BCUT2D eigenvalue weighted by molar-refractivity contribution is -0.145. The van der Waals surface area contributed by atoms with E-state index in [1.807, 2.05) is 24.3 Å². The number of likely N-dealkylation sites (tertiary alicyclic amines) is 1. The van der Waals surface area contributed by atoms with E-state index >= 15 is 0 Å². The van der Waals surface area contributed by atoms with Gasteiger partial charge in [0.05, 0.1) is 0 Å². The van der Waals surface area contributed by atoms with Gasteiger partial charge in [0.2, 0.25) is 12.0 Å². The lowest BCUT2D eigenvalue weighted by Crippen LogP contribution is -2.43. The molecule has 0 bridgehead atoms. The highest BCUT2D eigenvalue weighted by Crippen LogP contribution is 2.36. The molecule has 23 heavy (non-hydrogen) atoms. The van der Waals surface area contributed by atoms with Crippen LogP contribution in [0.5, 0.6) is 0 Å². The van der Waals surface area contributed by atoms with Crippen LogP contribution < -0.4 is 0 Å². The van der Waals surface area contributed by atoms with E-state index in [1.165, 1.54) is 11.3 Å². The predicted octanol–water partition coefficient (Wildman–Crippen LogP) is 2.87. The molecule has 3 aliphatic rings. The molecule has 120 valence electrons. The standard InChI is InChI=1S/C17H17BrN2O3/c18-11-8-6-10(7-9-11)14-13-15(23-19-14)17(22)20(16(13)21)12-4-2-1-3-5-12/h6-9,12-13,15H,1-5H2/t13-,15-/m0/s1. The Labute approximate surface area is 142 Å². The maximum absolute atomic E-state index is 12.9. The van der Waals surface area contributed by atoms with Gasteiger partial charge in [-0.05, 0) is 25.0 Å². The molecule has 1 aliphatic carbocycles. The average Bonchev–Trinajstić information content (AvgIpc) is 3.10. The zero-order valence-electron chi connectivity index (χ0n) is 12.6. The van der Waals surface area contributed by atoms with E-state index in [0.717, 1.165) is 35.7 Å². The van der Waals surface area contributed by atoms with Crippen LogP contribution in [0.2, 0.25) is 0 Å². The smallest absolute Gasteiger partial charge is 0.274 e. The molecule has 2 amide bonds. The fourth-order valence-corrected chi connectivity index (χ4v) is 4.02. The summed E-state index contributed by atoms with van der Waals surface area (Å²) in [5.41, 5.74) is 1.39. The number of fused-ring (bicyclic) bond motifs is 1. The van der Waals surface area contributed by atoms with E-state index in [0.29, 0.717) is 5.71 Å². The summed E-state index contributed by atoms with van der Waals surface area (Å²) in [6.07, 6.45) is 4.37. The number of hydrogen-bond acceptors (Lipinski definition) is 4. The fourth-order valence-electron chi connectivity index (χ4n) is 3.76. The summed E-state index contributed by atoms with van der Waals surface area (Å²) in [4.78, 5) is 32.3. The van der Waals surface area contributed by atoms with Crippen molar-refractivity contribution in [2.24, 2.45) is 11.1 Å². The quantitative estimate of drug-likeness (QED) is 0.745. The van der Waals surface area contributed by atoms with E-state index in [-0.39, 0.29) is 17.9 Å². The molecule has 1 saturated carbocycles. The minimum Gasteiger partial charge on any atom is -0.381 e. The first-order valence-corrected chi connectivity index (χ1v) is 8.82. The number of halogens is 1. The van der Waals surface area contributed by atoms with Crippen molar-refractivity contribution >= 4 is 33.5 Å². The number of benzene rings is 1. The normalized spacial score (nSPS) is 27.9. The minimum absolute atomic E-state index is 0.0316. The van der Waals surface area contributed by atoms with Gasteiger partial charge in [0.25, 0.3) is 5.91 Å². The first-order chi connectivity index (χ1) is 11.2. The van der Waals surface area contributed by atoms with E-state index < -0.39 is 12.0 Å². The Morgan fingerprint density at radius 1 is 1.04 bits per heavy atom. The molecular formula is C17H17BrN2O3. The molecule has 2 heterocycles. The van der Waals surface area contributed by atoms with Crippen molar-refractivity contribution in [1.29, 1.82) is 0 Å². The Kier molecular flexibility index (Phi) is 3.71. The summed E-state index contributed by atoms with van der Waals surface area (Å²) in [5, 5.41) is 4.03. The number of carbonyl (C=O) groups is 2. The van der Waals surface area contributed by atoms with Gasteiger partial charge in [0.15, 0.2) is 0 Å². The molecule has 1 saturated heterocycles. The van der Waals surface area contributed by atoms with Crippen molar-refractivity contribution in [3.05, 3.63) is 34.3 Å². The molecule has 4 rings (SSSR count). The number of hydrogen-bond donors (Lipinski definition) is 0. The third-order valence-corrected chi connectivity index (χ3v) is 5.45. The summed E-state index contributed by atoms with van der Waals surface area (Å²) in [6, 6.07) is 7.59. The Morgan fingerprint density at radius 3 is 2.43 bits per heavy atom. The summed E-state index contributed by atoms with van der Waals surface area (Å²) < 4.78 is 0.954. The Bertz CT molecular complexity index is 680. The SMILES string of the molecule is O=C1[C@H]2C(c3ccc(Br)cc3)=NO[C@@H]2C(=O)N1C1CCCCC1. The Balaban J connectivity index is 1.62. The van der Waals surface area contributed by atoms with Gasteiger partial charge in [0, 0.05) is 16.1 Å². The first kappa shape index (κ1) is 14.9. The van der Waals surface area contributed by atoms with Gasteiger partial charge >= 0.3 is 0 Å². The minimum atomic E-state index is -0.775. The van der Waals surface area contributed by atoms with Gasteiger partial charge in [0.1, 0.15) is 11.6 Å². The van der Waals surface area contributed by atoms with Crippen LogP contribution in [0.15, 0.2) is 33.9 Å². The van der Waals surface area contributed by atoms with Gasteiger partial charge in [-0.3, -0.25) is 14.5 Å². The average molecular weight is 377 g/mol. The van der Waals surface area contributed by atoms with Crippen LogP contribution >= 0.6 is 15.9 Å². The van der Waals surface area contributed by atoms with E-state index in [4.69, 9.17) is 4.84 Å². The lowest BCUT2D eigenvalue weighted by Gasteiger charge is -2.29. The number of nitrogens with zero attached hydrogens (tertiary/aromatic N) is 2. The monoisotopic (exact) mass is 376 g/mol. The van der Waals surface area contributed by atoms with Crippen molar-refractivity contribution in [3.63, 3.8) is 0 Å². The third-order valence-electron chi connectivity index (χ3n) is 4.93. The number of imide groups is 1. The van der Waals surface area contributed by atoms with Crippen LogP contribution in [0.1, 0.15) is 37.7 Å². The second-order valence-corrected chi connectivity index (χ2v) is 7.24. The van der Waals surface area contributed by atoms with Crippen molar-refractivity contribution < 1.29 is 14.4 Å². The maximum atomic E-state index is 12.9. The van der Waals surface area contributed by atoms with Crippen LogP contribution in [-0.2, 0) is 14.4 Å². The lowest BCUT2D eigenvalue weighted by atomic mass is 9.93. The molecule has 5 nitrogen and oxygen atoms in total. The number of rotatable bonds is 2. The molecule has 0 aromatic heterocycles. The molecular weight excluding hydrogens is 360 g/mol. The summed E-state index contributed by atoms with van der Waals surface area (Å²) >= 11 is 3.39. The van der Waals surface area contributed by atoms with Gasteiger partial charge in [-0.1, -0.05) is 52.5 Å². The topological polar surface area (TPSA) is 59.0 Å². The highest BCUT2D eigenvalue weighted by molar-refractivity contribution is 9.10. The van der Waals surface area contributed by atoms with Gasteiger partial charge in [-0.25, -0.2) is 0 Å². The molecule has 2 aliphatic heterocycles. The van der Waals surface area contributed by atoms with Gasteiger partial charge in [-0.15, -0.1) is 0 Å². The van der Waals surface area contributed by atoms with Crippen molar-refractivity contribution in [1.82, 2.24) is 4.90 Å².